The van der Waals surface area contributed by atoms with Crippen molar-refractivity contribution in [3.63, 3.8) is 0 Å². The molecule has 1 aromatic heterocycles. The molecule has 0 aliphatic heterocycles. The van der Waals surface area contributed by atoms with Crippen molar-refractivity contribution in [3.8, 4) is 11.8 Å². The molecule has 4 aromatic rings. The first-order valence-corrected chi connectivity index (χ1v) is 14.9. The van der Waals surface area contributed by atoms with Crippen LogP contribution in [0.25, 0.3) is 0 Å². The van der Waals surface area contributed by atoms with Gasteiger partial charge in [0.25, 0.3) is 0 Å². The lowest BCUT2D eigenvalue weighted by Crippen LogP contribution is -2.47. The van der Waals surface area contributed by atoms with Gasteiger partial charge in [0.1, 0.15) is 18.0 Å². The molecule has 4 rings (SSSR count). The number of para-hydroxylation sites is 1. The molecule has 0 radical (unpaired) electrons. The molecule has 2 amide bonds. The number of hydrogen-bond acceptors (Lipinski definition) is 9. The number of carbonyl (C=O) groups is 2. The second-order valence-electron chi connectivity index (χ2n) is 10.9. The Balaban J connectivity index is 1.29. The van der Waals surface area contributed by atoms with Gasteiger partial charge in [-0.2, -0.15) is 5.26 Å². The van der Waals surface area contributed by atoms with Crippen LogP contribution in [0.4, 0.5) is 21.3 Å². The van der Waals surface area contributed by atoms with Gasteiger partial charge in [-0.25, -0.2) is 9.78 Å². The van der Waals surface area contributed by atoms with Crippen LogP contribution >= 0.6 is 11.3 Å². The highest BCUT2D eigenvalue weighted by Gasteiger charge is 2.27. The van der Waals surface area contributed by atoms with Crippen LogP contribution in [0.2, 0.25) is 0 Å². The molecule has 3 N–H and O–H groups in total. The average molecular weight is 614 g/mol. The summed E-state index contributed by atoms with van der Waals surface area (Å²) in [6.07, 6.45) is -1.30. The van der Waals surface area contributed by atoms with Crippen molar-refractivity contribution in [2.24, 2.45) is 0 Å². The predicted octanol–water partition coefficient (Wildman–Crippen LogP) is 6.12. The second kappa shape index (κ2) is 15.0. The smallest absolute Gasteiger partial charge is 0.412 e. The highest BCUT2D eigenvalue weighted by molar-refractivity contribution is 7.13. The zero-order chi connectivity index (χ0) is 31.5. The first-order valence-electron chi connectivity index (χ1n) is 14.0. The minimum atomic E-state index is -1.22. The Labute approximate surface area is 260 Å². The zero-order valence-corrected chi connectivity index (χ0v) is 25.6. The molecule has 0 spiro atoms. The molecule has 0 aliphatic carbocycles. The quantitative estimate of drug-likeness (QED) is 0.163. The van der Waals surface area contributed by atoms with Crippen molar-refractivity contribution in [3.05, 3.63) is 101 Å². The lowest BCUT2D eigenvalue weighted by molar-refractivity contribution is -0.115. The number of amides is 2. The molecule has 0 saturated carbocycles. The van der Waals surface area contributed by atoms with E-state index in [9.17, 15) is 14.7 Å². The third kappa shape index (κ3) is 10.1. The summed E-state index contributed by atoms with van der Waals surface area (Å²) in [6.45, 7) is 5.39. The molecule has 1 heterocycles. The molecule has 228 valence electrons. The normalized spacial score (nSPS) is 11.6. The number of aliphatic hydroxyl groups excluding tert-OH is 1. The molecule has 1 atom stereocenters. The van der Waals surface area contributed by atoms with E-state index in [2.05, 4.69) is 21.7 Å². The molecular formula is C33H35N5O5S. The fourth-order valence-corrected chi connectivity index (χ4v) is 4.80. The van der Waals surface area contributed by atoms with Crippen molar-refractivity contribution in [1.82, 2.24) is 9.88 Å². The van der Waals surface area contributed by atoms with Gasteiger partial charge in [0.2, 0.25) is 5.91 Å². The predicted molar refractivity (Wildman–Crippen MR) is 170 cm³/mol. The Morgan fingerprint density at radius 2 is 1.80 bits per heavy atom. The van der Waals surface area contributed by atoms with Gasteiger partial charge < -0.3 is 25.2 Å². The minimum Gasteiger partial charge on any atom is -0.489 e. The monoisotopic (exact) mass is 613 g/mol. The average Bonchev–Trinajstić information content (AvgIpc) is 3.42. The summed E-state index contributed by atoms with van der Waals surface area (Å²) in [5, 5.41) is 28.4. The first kappa shape index (κ1) is 32.0. The second-order valence-corrected chi connectivity index (χ2v) is 11.8. The summed E-state index contributed by atoms with van der Waals surface area (Å²) >= 11 is 1.38. The van der Waals surface area contributed by atoms with Gasteiger partial charge in [0, 0.05) is 23.3 Å². The third-order valence-electron chi connectivity index (χ3n) is 6.15. The van der Waals surface area contributed by atoms with E-state index in [0.717, 1.165) is 11.3 Å². The van der Waals surface area contributed by atoms with Crippen LogP contribution in [0.5, 0.6) is 5.75 Å². The third-order valence-corrected chi connectivity index (χ3v) is 6.95. The first-order chi connectivity index (χ1) is 21.1. The number of hydrogen-bond donors (Lipinski definition) is 3. The lowest BCUT2D eigenvalue weighted by atomic mass is 10.1. The number of aromatic nitrogens is 1. The molecule has 11 heteroatoms. The summed E-state index contributed by atoms with van der Waals surface area (Å²) in [5.41, 5.74) is 2.72. The fraction of sp³-hybridized carbons (Fsp3) is 0.273. The molecule has 10 nitrogen and oxygen atoms in total. The number of nitrogens with zero attached hydrogens (tertiary/aromatic N) is 3. The van der Waals surface area contributed by atoms with E-state index in [1.807, 2.05) is 41.8 Å². The van der Waals surface area contributed by atoms with Crippen molar-refractivity contribution < 1.29 is 24.2 Å². The molecule has 0 saturated heterocycles. The van der Waals surface area contributed by atoms with Crippen molar-refractivity contribution in [2.45, 2.75) is 45.4 Å². The standard InChI is InChI=1S/C33H35N5O5S/c1-33(2,3)43-32(41)38(30(40)21-42-28-10-5-4-6-11-28)17-16-23-12-14-25(15-13-23)35-29(39)19-27-22-44-31(37-27)36-26-9-7-8-24(18-26)20-34/h4-15,18,22,30,40H,16-17,19,21H2,1-3H3,(H,35,39)(H,36,37)/t30-/m0/s1. The Bertz CT molecular complexity index is 1580. The number of thiazole rings is 1. The van der Waals surface area contributed by atoms with E-state index in [1.54, 1.807) is 63.2 Å². The van der Waals surface area contributed by atoms with E-state index < -0.39 is 17.9 Å². The summed E-state index contributed by atoms with van der Waals surface area (Å²) in [4.78, 5) is 31.3. The number of rotatable bonds is 12. The van der Waals surface area contributed by atoms with Crippen LogP contribution in [0.15, 0.2) is 84.2 Å². The van der Waals surface area contributed by atoms with Gasteiger partial charge in [-0.1, -0.05) is 36.4 Å². The van der Waals surface area contributed by atoms with Crippen LogP contribution in [0, 0.1) is 11.3 Å². The maximum atomic E-state index is 12.9. The lowest BCUT2D eigenvalue weighted by Gasteiger charge is -2.30. The van der Waals surface area contributed by atoms with Gasteiger partial charge in [-0.3, -0.25) is 9.69 Å². The van der Waals surface area contributed by atoms with Gasteiger partial charge in [-0.15, -0.1) is 11.3 Å². The molecule has 44 heavy (non-hydrogen) atoms. The zero-order valence-electron chi connectivity index (χ0n) is 24.8. The number of nitriles is 1. The fourth-order valence-electron chi connectivity index (χ4n) is 4.07. The van der Waals surface area contributed by atoms with Crippen molar-refractivity contribution in [1.29, 1.82) is 5.26 Å². The van der Waals surface area contributed by atoms with Gasteiger partial charge >= 0.3 is 6.09 Å². The summed E-state index contributed by atoms with van der Waals surface area (Å²) in [5.74, 6) is 0.376. The van der Waals surface area contributed by atoms with Crippen molar-refractivity contribution >= 4 is 39.8 Å². The number of benzene rings is 3. The molecule has 3 aromatic carbocycles. The topological polar surface area (TPSA) is 137 Å². The van der Waals surface area contributed by atoms with Crippen LogP contribution in [-0.2, 0) is 22.4 Å². The SMILES string of the molecule is CC(C)(C)OC(=O)N(CCc1ccc(NC(=O)Cc2csc(Nc3cccc(C#N)c3)n2)cc1)[C@@H](O)COc1ccccc1. The van der Waals surface area contributed by atoms with Gasteiger partial charge in [-0.05, 0) is 75.2 Å². The van der Waals surface area contributed by atoms with Crippen LogP contribution in [0.1, 0.15) is 37.6 Å². The molecule has 0 fully saturated rings. The Kier molecular flexibility index (Phi) is 10.9. The maximum Gasteiger partial charge on any atom is 0.412 e. The van der Waals surface area contributed by atoms with E-state index in [4.69, 9.17) is 14.7 Å². The molecule has 0 bridgehead atoms. The Morgan fingerprint density at radius 1 is 1.05 bits per heavy atom. The summed E-state index contributed by atoms with van der Waals surface area (Å²) < 4.78 is 11.2. The highest BCUT2D eigenvalue weighted by atomic mass is 32.1. The van der Waals surface area contributed by atoms with Gasteiger partial charge in [0.05, 0.1) is 23.7 Å². The largest absolute Gasteiger partial charge is 0.489 e. The highest BCUT2D eigenvalue weighted by Crippen LogP contribution is 2.22. The minimum absolute atomic E-state index is 0.103. The molecule has 0 unspecified atom stereocenters. The van der Waals surface area contributed by atoms with Crippen LogP contribution in [0.3, 0.4) is 0 Å². The van der Waals surface area contributed by atoms with Crippen molar-refractivity contribution in [2.75, 3.05) is 23.8 Å². The summed E-state index contributed by atoms with van der Waals surface area (Å²) in [7, 11) is 0. The maximum absolute atomic E-state index is 12.9. The number of carbonyl (C=O) groups excluding carboxylic acids is 2. The Morgan fingerprint density at radius 3 is 2.50 bits per heavy atom. The van der Waals surface area contributed by atoms with E-state index in [-0.39, 0.29) is 25.5 Å². The van der Waals surface area contributed by atoms with E-state index in [0.29, 0.717) is 34.2 Å². The number of nitrogens with one attached hydrogen (secondary N) is 2. The Hall–Kier alpha value is -4.92. The molecule has 0 aliphatic rings. The number of aliphatic hydroxyl groups is 1. The van der Waals surface area contributed by atoms with Crippen LogP contribution < -0.4 is 15.4 Å². The van der Waals surface area contributed by atoms with Crippen LogP contribution in [-0.4, -0.2) is 52.0 Å². The number of ether oxygens (including phenoxy) is 2. The van der Waals surface area contributed by atoms with Gasteiger partial charge in [0.15, 0.2) is 11.4 Å². The van der Waals surface area contributed by atoms with E-state index >= 15 is 0 Å². The summed E-state index contributed by atoms with van der Waals surface area (Å²) in [6, 6.07) is 25.5. The number of anilines is 3. The van der Waals surface area contributed by atoms with E-state index in [1.165, 1.54) is 16.2 Å². The molecular weight excluding hydrogens is 578 g/mol.